The largest absolute Gasteiger partial charge is 0.497 e. The molecule has 8 heteroatoms. The quantitative estimate of drug-likeness (QED) is 0.491. The Kier molecular flexibility index (Phi) is 9.09. The molecule has 2 aromatic rings. The van der Waals surface area contributed by atoms with Gasteiger partial charge in [-0.05, 0) is 52.9 Å². The number of amides is 2. The average Bonchev–Trinajstić information content (AvgIpc) is 3.31. The van der Waals surface area contributed by atoms with E-state index in [0.717, 1.165) is 28.3 Å². The highest BCUT2D eigenvalue weighted by molar-refractivity contribution is 6.03. The fourth-order valence-electron chi connectivity index (χ4n) is 4.08. The lowest BCUT2D eigenvalue weighted by Crippen LogP contribution is -2.43. The van der Waals surface area contributed by atoms with Crippen LogP contribution >= 0.6 is 0 Å². The van der Waals surface area contributed by atoms with Gasteiger partial charge in [-0.1, -0.05) is 32.9 Å². The predicted octanol–water partition coefficient (Wildman–Crippen LogP) is 4.29. The lowest BCUT2D eigenvalue weighted by atomic mass is 9.91. The highest BCUT2D eigenvalue weighted by Crippen LogP contribution is 2.34. The van der Waals surface area contributed by atoms with Crippen molar-refractivity contribution in [3.63, 3.8) is 0 Å². The molecule has 1 heterocycles. The molecule has 0 fully saturated rings. The van der Waals surface area contributed by atoms with Crippen LogP contribution in [0.4, 0.5) is 0 Å². The summed E-state index contributed by atoms with van der Waals surface area (Å²) in [5.41, 5.74) is 2.48. The number of rotatable bonds is 10. The zero-order chi connectivity index (χ0) is 26.3. The number of benzene rings is 2. The van der Waals surface area contributed by atoms with Crippen LogP contribution in [0.1, 0.15) is 50.8 Å². The summed E-state index contributed by atoms with van der Waals surface area (Å²) in [6.07, 6.45) is 0.894. The molecule has 0 bridgehead atoms. The van der Waals surface area contributed by atoms with Crippen molar-refractivity contribution in [2.24, 2.45) is 10.5 Å². The summed E-state index contributed by atoms with van der Waals surface area (Å²) in [6, 6.07) is 15.0. The van der Waals surface area contributed by atoms with E-state index in [1.54, 1.807) is 26.2 Å². The van der Waals surface area contributed by atoms with E-state index < -0.39 is 0 Å². The number of hydrogen-bond donors (Lipinski definition) is 0. The Morgan fingerprint density at radius 1 is 0.972 bits per heavy atom. The Hall–Kier alpha value is -3.39. The van der Waals surface area contributed by atoms with Crippen molar-refractivity contribution in [2.75, 3.05) is 41.0 Å². The van der Waals surface area contributed by atoms with E-state index >= 15 is 0 Å². The van der Waals surface area contributed by atoms with Gasteiger partial charge in [-0.25, -0.2) is 5.01 Å². The van der Waals surface area contributed by atoms with Gasteiger partial charge in [-0.3, -0.25) is 9.59 Å². The van der Waals surface area contributed by atoms with E-state index in [0.29, 0.717) is 26.0 Å². The van der Waals surface area contributed by atoms with Crippen LogP contribution in [-0.2, 0) is 14.3 Å². The molecule has 194 valence electrons. The Labute approximate surface area is 213 Å². The molecule has 1 atom stereocenters. The molecular formula is C28H37N3O5. The van der Waals surface area contributed by atoms with Gasteiger partial charge in [-0.2, -0.15) is 5.10 Å². The van der Waals surface area contributed by atoms with Gasteiger partial charge in [0.2, 0.25) is 5.91 Å². The third kappa shape index (κ3) is 7.07. The van der Waals surface area contributed by atoms with E-state index in [-0.39, 0.29) is 29.8 Å². The lowest BCUT2D eigenvalue weighted by Gasteiger charge is -2.29. The molecule has 1 aliphatic heterocycles. The predicted molar refractivity (Wildman–Crippen MR) is 139 cm³/mol. The standard InChI is InChI=1S/C28H37N3O5/c1-28(2,3)18-26(32)30(15-16-34-4)19-27(33)31-25(21-9-13-23(36-6)14-10-21)17-24(29-31)20-7-11-22(35-5)12-8-20/h7-14,25H,15-19H2,1-6H3. The average molecular weight is 496 g/mol. The summed E-state index contributed by atoms with van der Waals surface area (Å²) >= 11 is 0. The van der Waals surface area contributed by atoms with Crippen molar-refractivity contribution in [3.8, 4) is 11.5 Å². The zero-order valence-electron chi connectivity index (χ0n) is 22.1. The second kappa shape index (κ2) is 12.0. The number of ether oxygens (including phenoxy) is 3. The number of hydrogen-bond acceptors (Lipinski definition) is 6. The van der Waals surface area contributed by atoms with E-state index in [1.807, 2.05) is 69.3 Å². The Morgan fingerprint density at radius 3 is 2.08 bits per heavy atom. The summed E-state index contributed by atoms with van der Waals surface area (Å²) in [5, 5.41) is 6.26. The SMILES string of the molecule is COCCN(CC(=O)N1N=C(c2ccc(OC)cc2)CC1c1ccc(OC)cc1)C(=O)CC(C)(C)C. The van der Waals surface area contributed by atoms with Gasteiger partial charge in [0.1, 0.15) is 18.0 Å². The first-order chi connectivity index (χ1) is 17.1. The van der Waals surface area contributed by atoms with Crippen LogP contribution in [0.2, 0.25) is 0 Å². The van der Waals surface area contributed by atoms with Crippen molar-refractivity contribution in [1.29, 1.82) is 0 Å². The molecule has 0 spiro atoms. The van der Waals surface area contributed by atoms with Crippen LogP contribution in [0.25, 0.3) is 0 Å². The van der Waals surface area contributed by atoms with Crippen molar-refractivity contribution >= 4 is 17.5 Å². The molecule has 0 saturated heterocycles. The Balaban J connectivity index is 1.89. The molecule has 36 heavy (non-hydrogen) atoms. The Morgan fingerprint density at radius 2 is 1.56 bits per heavy atom. The summed E-state index contributed by atoms with van der Waals surface area (Å²) in [7, 11) is 4.83. The first-order valence-electron chi connectivity index (χ1n) is 12.1. The summed E-state index contributed by atoms with van der Waals surface area (Å²) < 4.78 is 15.8. The molecule has 3 rings (SSSR count). The molecule has 0 aromatic heterocycles. The van der Waals surface area contributed by atoms with Crippen molar-refractivity contribution in [1.82, 2.24) is 9.91 Å². The first-order valence-corrected chi connectivity index (χ1v) is 12.1. The van der Waals surface area contributed by atoms with E-state index in [4.69, 9.17) is 19.3 Å². The highest BCUT2D eigenvalue weighted by Gasteiger charge is 2.34. The maximum Gasteiger partial charge on any atom is 0.262 e. The van der Waals surface area contributed by atoms with Gasteiger partial charge in [0.25, 0.3) is 5.91 Å². The van der Waals surface area contributed by atoms with Crippen LogP contribution in [0.3, 0.4) is 0 Å². The highest BCUT2D eigenvalue weighted by atomic mass is 16.5. The minimum absolute atomic E-state index is 0.0652. The van der Waals surface area contributed by atoms with Crippen LogP contribution in [-0.4, -0.2) is 68.5 Å². The number of hydrazone groups is 1. The van der Waals surface area contributed by atoms with Gasteiger partial charge >= 0.3 is 0 Å². The van der Waals surface area contributed by atoms with Crippen LogP contribution < -0.4 is 9.47 Å². The van der Waals surface area contributed by atoms with Crippen LogP contribution in [0, 0.1) is 5.41 Å². The third-order valence-corrected chi connectivity index (χ3v) is 6.02. The second-order valence-electron chi connectivity index (χ2n) is 10.1. The van der Waals surface area contributed by atoms with Crippen molar-refractivity contribution in [2.45, 2.75) is 39.7 Å². The summed E-state index contributed by atoms with van der Waals surface area (Å²) in [4.78, 5) is 28.2. The normalized spacial score (nSPS) is 15.4. The zero-order valence-corrected chi connectivity index (χ0v) is 22.1. The molecule has 0 N–H and O–H groups in total. The number of carbonyl (C=O) groups excluding carboxylic acids is 2. The van der Waals surface area contributed by atoms with Gasteiger partial charge in [-0.15, -0.1) is 0 Å². The van der Waals surface area contributed by atoms with Crippen molar-refractivity contribution < 1.29 is 23.8 Å². The minimum atomic E-state index is -0.289. The molecule has 8 nitrogen and oxygen atoms in total. The number of methoxy groups -OCH3 is 3. The molecule has 0 radical (unpaired) electrons. The third-order valence-electron chi connectivity index (χ3n) is 6.02. The second-order valence-corrected chi connectivity index (χ2v) is 10.1. The fourth-order valence-corrected chi connectivity index (χ4v) is 4.08. The molecular weight excluding hydrogens is 458 g/mol. The van der Waals surface area contributed by atoms with Crippen molar-refractivity contribution in [3.05, 3.63) is 59.7 Å². The summed E-state index contributed by atoms with van der Waals surface area (Å²) in [6.45, 7) is 6.65. The van der Waals surface area contributed by atoms with Gasteiger partial charge < -0.3 is 19.1 Å². The van der Waals surface area contributed by atoms with Gasteiger partial charge in [0.15, 0.2) is 0 Å². The Bertz CT molecular complexity index is 1060. The number of carbonyl (C=O) groups is 2. The van der Waals surface area contributed by atoms with E-state index in [1.165, 1.54) is 5.01 Å². The maximum atomic E-state index is 13.6. The molecule has 1 aliphatic rings. The smallest absolute Gasteiger partial charge is 0.262 e. The fraction of sp³-hybridized carbons (Fsp3) is 0.464. The van der Waals surface area contributed by atoms with E-state index in [9.17, 15) is 9.59 Å². The van der Waals surface area contributed by atoms with Crippen LogP contribution in [0.15, 0.2) is 53.6 Å². The summed E-state index contributed by atoms with van der Waals surface area (Å²) in [5.74, 6) is 1.18. The molecule has 1 unspecified atom stereocenters. The molecule has 0 aliphatic carbocycles. The monoisotopic (exact) mass is 495 g/mol. The molecule has 2 amide bonds. The topological polar surface area (TPSA) is 80.7 Å². The first kappa shape index (κ1) is 27.2. The lowest BCUT2D eigenvalue weighted by molar-refractivity contribution is -0.143. The van der Waals surface area contributed by atoms with Gasteiger partial charge in [0, 0.05) is 26.5 Å². The minimum Gasteiger partial charge on any atom is -0.497 e. The van der Waals surface area contributed by atoms with Crippen LogP contribution in [0.5, 0.6) is 11.5 Å². The number of nitrogens with zero attached hydrogens (tertiary/aromatic N) is 3. The van der Waals surface area contributed by atoms with Gasteiger partial charge in [0.05, 0.1) is 32.6 Å². The maximum absolute atomic E-state index is 13.6. The molecule has 2 aromatic carbocycles. The molecule has 0 saturated carbocycles. The van der Waals surface area contributed by atoms with E-state index in [2.05, 4.69) is 0 Å².